The van der Waals surface area contributed by atoms with Crippen molar-refractivity contribution in [1.82, 2.24) is 4.98 Å². The zero-order valence-electron chi connectivity index (χ0n) is 12.3. The molecule has 4 heteroatoms. The van der Waals surface area contributed by atoms with Gasteiger partial charge in [-0.1, -0.05) is 24.3 Å². The zero-order valence-corrected chi connectivity index (χ0v) is 13.1. The fourth-order valence-electron chi connectivity index (χ4n) is 2.85. The third kappa shape index (κ3) is 2.20. The Balaban J connectivity index is 1.92. The van der Waals surface area contributed by atoms with Gasteiger partial charge in [-0.25, -0.2) is 0 Å². The number of nitrogens with zero attached hydrogens (tertiary/aromatic N) is 1. The molecule has 0 amide bonds. The molecule has 2 N–H and O–H groups in total. The third-order valence-corrected chi connectivity index (χ3v) is 4.95. The number of nitrogens with one attached hydrogen (secondary N) is 1. The number of phenolic OH excluding ortho intramolecular Hbond substituents is 1. The van der Waals surface area contributed by atoms with Crippen LogP contribution >= 0.6 is 11.8 Å². The fraction of sp³-hybridized carbons (Fsp3) is 0.167. The Hall–Kier alpha value is -2.20. The van der Waals surface area contributed by atoms with Crippen molar-refractivity contribution >= 4 is 34.0 Å². The van der Waals surface area contributed by atoms with E-state index in [0.717, 1.165) is 45.0 Å². The van der Waals surface area contributed by atoms with Crippen LogP contribution in [0.15, 0.2) is 42.5 Å². The van der Waals surface area contributed by atoms with Gasteiger partial charge in [-0.05, 0) is 30.7 Å². The predicted octanol–water partition coefficient (Wildman–Crippen LogP) is 4.74. The van der Waals surface area contributed by atoms with Gasteiger partial charge in [-0.15, -0.1) is 0 Å². The molecule has 1 aliphatic rings. The van der Waals surface area contributed by atoms with E-state index in [2.05, 4.69) is 11.4 Å². The van der Waals surface area contributed by atoms with E-state index in [0.29, 0.717) is 0 Å². The molecule has 0 aliphatic carbocycles. The number of aromatic hydroxyl groups is 1. The van der Waals surface area contributed by atoms with Gasteiger partial charge in [0.2, 0.25) is 0 Å². The molecule has 0 spiro atoms. The first-order chi connectivity index (χ1) is 10.7. The maximum absolute atomic E-state index is 10.1. The van der Waals surface area contributed by atoms with Crippen LogP contribution in [0.2, 0.25) is 0 Å². The third-order valence-electron chi connectivity index (χ3n) is 3.98. The number of rotatable bonds is 2. The van der Waals surface area contributed by atoms with E-state index < -0.39 is 0 Å². The minimum absolute atomic E-state index is 0.269. The molecule has 22 heavy (non-hydrogen) atoms. The standard InChI is InChI=1S/C18H16N2OS/c1-11-6-7-17(21)15(8-11)20-18-12-4-2-3-5-14(12)19-16-10-22-9-13(16)18/h2-8,21H,9-10H2,1H3,(H,19,20). The molecule has 1 aromatic heterocycles. The van der Waals surface area contributed by atoms with Gasteiger partial charge in [0.1, 0.15) is 5.75 Å². The normalized spacial score (nSPS) is 13.3. The summed E-state index contributed by atoms with van der Waals surface area (Å²) in [4.78, 5) is 4.77. The number of pyridine rings is 1. The van der Waals surface area contributed by atoms with Crippen molar-refractivity contribution in [3.63, 3.8) is 0 Å². The number of hydrogen-bond donors (Lipinski definition) is 2. The monoisotopic (exact) mass is 308 g/mol. The molecule has 1 aliphatic heterocycles. The number of aryl methyl sites for hydroxylation is 1. The highest BCUT2D eigenvalue weighted by molar-refractivity contribution is 7.98. The topological polar surface area (TPSA) is 45.1 Å². The summed E-state index contributed by atoms with van der Waals surface area (Å²) in [6, 6.07) is 13.8. The predicted molar refractivity (Wildman–Crippen MR) is 92.9 cm³/mol. The summed E-state index contributed by atoms with van der Waals surface area (Å²) in [6.45, 7) is 2.02. The van der Waals surface area contributed by atoms with Crippen molar-refractivity contribution in [2.45, 2.75) is 18.4 Å². The number of aromatic nitrogens is 1. The van der Waals surface area contributed by atoms with Crippen LogP contribution in [0.1, 0.15) is 16.8 Å². The van der Waals surface area contributed by atoms with Crippen molar-refractivity contribution in [1.29, 1.82) is 0 Å². The molecule has 0 saturated heterocycles. The van der Waals surface area contributed by atoms with E-state index in [-0.39, 0.29) is 5.75 Å². The molecule has 0 fully saturated rings. The maximum atomic E-state index is 10.1. The van der Waals surface area contributed by atoms with E-state index in [1.165, 1.54) is 5.56 Å². The van der Waals surface area contributed by atoms with Gasteiger partial charge in [0.15, 0.2) is 0 Å². The SMILES string of the molecule is Cc1ccc(O)c(Nc2c3c(nc4ccccc24)CSC3)c1. The Labute approximate surface area is 133 Å². The van der Waals surface area contributed by atoms with E-state index in [1.54, 1.807) is 6.07 Å². The van der Waals surface area contributed by atoms with Crippen LogP contribution in [-0.2, 0) is 11.5 Å². The molecule has 2 aromatic carbocycles. The zero-order chi connectivity index (χ0) is 15.1. The van der Waals surface area contributed by atoms with E-state index >= 15 is 0 Å². The lowest BCUT2D eigenvalue weighted by Crippen LogP contribution is -2.00. The number of phenols is 1. The van der Waals surface area contributed by atoms with E-state index in [1.807, 2.05) is 49.0 Å². The minimum atomic E-state index is 0.269. The van der Waals surface area contributed by atoms with Gasteiger partial charge in [0, 0.05) is 22.5 Å². The minimum Gasteiger partial charge on any atom is -0.506 e. The molecular formula is C18H16N2OS. The average molecular weight is 308 g/mol. The van der Waals surface area contributed by atoms with Crippen molar-refractivity contribution in [2.75, 3.05) is 5.32 Å². The number of anilines is 2. The smallest absolute Gasteiger partial charge is 0.139 e. The molecule has 0 saturated carbocycles. The Morgan fingerprint density at radius 1 is 1.14 bits per heavy atom. The van der Waals surface area contributed by atoms with Crippen LogP contribution in [0, 0.1) is 6.92 Å². The van der Waals surface area contributed by atoms with Gasteiger partial charge in [-0.2, -0.15) is 11.8 Å². The second kappa shape index (κ2) is 5.21. The summed E-state index contributed by atoms with van der Waals surface area (Å²) in [5.41, 5.74) is 6.34. The molecule has 0 unspecified atom stereocenters. The molecular weight excluding hydrogens is 292 g/mol. The molecule has 3 aromatic rings. The summed E-state index contributed by atoms with van der Waals surface area (Å²) in [5.74, 6) is 2.18. The molecule has 2 heterocycles. The van der Waals surface area contributed by atoms with Crippen molar-refractivity contribution in [3.8, 4) is 5.75 Å². The highest BCUT2D eigenvalue weighted by Gasteiger charge is 2.20. The molecule has 110 valence electrons. The van der Waals surface area contributed by atoms with Crippen LogP contribution in [0.4, 0.5) is 11.4 Å². The summed E-state index contributed by atoms with van der Waals surface area (Å²) < 4.78 is 0. The molecule has 4 rings (SSSR count). The highest BCUT2D eigenvalue weighted by Crippen LogP contribution is 2.40. The average Bonchev–Trinajstić information content (AvgIpc) is 2.98. The van der Waals surface area contributed by atoms with Gasteiger partial charge in [0.05, 0.1) is 22.6 Å². The maximum Gasteiger partial charge on any atom is 0.139 e. The Morgan fingerprint density at radius 2 is 2.00 bits per heavy atom. The van der Waals surface area contributed by atoms with Crippen LogP contribution in [-0.4, -0.2) is 10.1 Å². The fourth-order valence-corrected chi connectivity index (χ4v) is 3.90. The second-order valence-corrected chi connectivity index (χ2v) is 6.55. The first kappa shape index (κ1) is 13.5. The molecule has 0 bridgehead atoms. The number of hydrogen-bond acceptors (Lipinski definition) is 4. The summed E-state index contributed by atoms with van der Waals surface area (Å²) in [6.07, 6.45) is 0. The molecule has 3 nitrogen and oxygen atoms in total. The van der Waals surface area contributed by atoms with Gasteiger partial charge in [-0.3, -0.25) is 4.98 Å². The highest BCUT2D eigenvalue weighted by atomic mass is 32.2. The molecule has 0 radical (unpaired) electrons. The van der Waals surface area contributed by atoms with Crippen LogP contribution in [0.3, 0.4) is 0 Å². The largest absolute Gasteiger partial charge is 0.506 e. The Morgan fingerprint density at radius 3 is 2.91 bits per heavy atom. The number of benzene rings is 2. The number of thioether (sulfide) groups is 1. The van der Waals surface area contributed by atoms with Gasteiger partial charge in [0.25, 0.3) is 0 Å². The lowest BCUT2D eigenvalue weighted by atomic mass is 10.1. The molecule has 0 atom stereocenters. The lowest BCUT2D eigenvalue weighted by molar-refractivity contribution is 0.477. The van der Waals surface area contributed by atoms with Crippen molar-refractivity contribution in [3.05, 3.63) is 59.3 Å². The lowest BCUT2D eigenvalue weighted by Gasteiger charge is -2.15. The van der Waals surface area contributed by atoms with Crippen LogP contribution in [0.25, 0.3) is 10.9 Å². The van der Waals surface area contributed by atoms with Crippen LogP contribution < -0.4 is 5.32 Å². The van der Waals surface area contributed by atoms with E-state index in [4.69, 9.17) is 4.98 Å². The van der Waals surface area contributed by atoms with Gasteiger partial charge >= 0.3 is 0 Å². The first-order valence-electron chi connectivity index (χ1n) is 7.27. The van der Waals surface area contributed by atoms with Crippen molar-refractivity contribution in [2.24, 2.45) is 0 Å². The Kier molecular flexibility index (Phi) is 3.19. The number of fused-ring (bicyclic) bond motifs is 2. The Bertz CT molecular complexity index is 876. The summed E-state index contributed by atoms with van der Waals surface area (Å²) >= 11 is 1.88. The number of para-hydroxylation sites is 1. The quantitative estimate of drug-likeness (QED) is 0.671. The first-order valence-corrected chi connectivity index (χ1v) is 8.43. The second-order valence-electron chi connectivity index (χ2n) is 5.57. The summed E-state index contributed by atoms with van der Waals surface area (Å²) in [7, 11) is 0. The summed E-state index contributed by atoms with van der Waals surface area (Å²) in [5, 5.41) is 14.7. The van der Waals surface area contributed by atoms with E-state index in [9.17, 15) is 5.11 Å². The van der Waals surface area contributed by atoms with Crippen molar-refractivity contribution < 1.29 is 5.11 Å². The van der Waals surface area contributed by atoms with Crippen LogP contribution in [0.5, 0.6) is 5.75 Å². The van der Waals surface area contributed by atoms with Gasteiger partial charge < -0.3 is 10.4 Å².